The van der Waals surface area contributed by atoms with Gasteiger partial charge in [-0.2, -0.15) is 13.1 Å². The quantitative estimate of drug-likeness (QED) is 0.576. The summed E-state index contributed by atoms with van der Waals surface area (Å²) in [7, 11) is 0.736. The van der Waals surface area contributed by atoms with Crippen molar-refractivity contribution in [1.29, 1.82) is 0 Å². The number of methoxy groups -OCH3 is 1. The number of ether oxygens (including phenoxy) is 2. The monoisotopic (exact) mass is 456 g/mol. The largest absolute Gasteiger partial charge is 0.493 e. The van der Waals surface area contributed by atoms with Crippen LogP contribution in [0.4, 0.5) is 8.78 Å². The van der Waals surface area contributed by atoms with Crippen molar-refractivity contribution < 1.29 is 31.5 Å². The molecule has 0 aromatic heterocycles. The predicted molar refractivity (Wildman–Crippen MR) is 112 cm³/mol. The lowest BCUT2D eigenvalue weighted by atomic mass is 10.1. The minimum Gasteiger partial charge on any atom is -0.493 e. The minimum absolute atomic E-state index is 0.0897. The molecule has 0 aliphatic heterocycles. The molecule has 0 saturated carbocycles. The topological polar surface area (TPSA) is 76.2 Å². The molecule has 0 aliphatic rings. The van der Waals surface area contributed by atoms with Crippen molar-refractivity contribution in [2.45, 2.75) is 37.9 Å². The molecule has 0 fully saturated rings. The molecule has 0 saturated heterocycles. The molecule has 2 aromatic rings. The SMILES string of the molecule is COc1ccc(CN(C)C(=O)c2ccc(S(=O)(=O)N(C)C(C)C)cc2)cc1OC(F)F. The maximum atomic E-state index is 12.7. The van der Waals surface area contributed by atoms with Gasteiger partial charge in [-0.15, -0.1) is 0 Å². The van der Waals surface area contributed by atoms with E-state index in [4.69, 9.17) is 4.74 Å². The molecule has 2 aromatic carbocycles. The Bertz CT molecular complexity index is 1010. The maximum absolute atomic E-state index is 12.7. The van der Waals surface area contributed by atoms with Crippen LogP contribution in [-0.4, -0.2) is 57.4 Å². The van der Waals surface area contributed by atoms with Gasteiger partial charge in [-0.25, -0.2) is 8.42 Å². The number of carbonyl (C=O) groups is 1. The van der Waals surface area contributed by atoms with E-state index in [2.05, 4.69) is 4.74 Å². The van der Waals surface area contributed by atoms with Gasteiger partial charge >= 0.3 is 6.61 Å². The molecule has 2 rings (SSSR count). The van der Waals surface area contributed by atoms with E-state index in [0.29, 0.717) is 11.1 Å². The number of carbonyl (C=O) groups excluding carboxylic acids is 1. The molecule has 0 bridgehead atoms. The Labute approximate surface area is 181 Å². The van der Waals surface area contributed by atoms with Gasteiger partial charge in [0.1, 0.15) is 0 Å². The second-order valence-electron chi connectivity index (χ2n) is 7.16. The van der Waals surface area contributed by atoms with Crippen LogP contribution in [0.15, 0.2) is 47.4 Å². The Balaban J connectivity index is 2.17. The van der Waals surface area contributed by atoms with E-state index in [-0.39, 0.29) is 34.9 Å². The van der Waals surface area contributed by atoms with Gasteiger partial charge in [0, 0.05) is 32.2 Å². The van der Waals surface area contributed by atoms with Crippen LogP contribution in [0.5, 0.6) is 11.5 Å². The lowest BCUT2D eigenvalue weighted by Gasteiger charge is -2.21. The molecule has 0 radical (unpaired) electrons. The van der Waals surface area contributed by atoms with E-state index in [0.717, 1.165) is 0 Å². The van der Waals surface area contributed by atoms with Gasteiger partial charge in [-0.1, -0.05) is 6.07 Å². The van der Waals surface area contributed by atoms with Gasteiger partial charge in [0.2, 0.25) is 10.0 Å². The van der Waals surface area contributed by atoms with Gasteiger partial charge in [0.05, 0.1) is 12.0 Å². The normalized spacial score (nSPS) is 11.8. The molecule has 7 nitrogen and oxygen atoms in total. The van der Waals surface area contributed by atoms with Crippen LogP contribution >= 0.6 is 0 Å². The van der Waals surface area contributed by atoms with E-state index in [1.807, 2.05) is 0 Å². The molecule has 10 heteroatoms. The third kappa shape index (κ3) is 5.92. The Morgan fingerprint density at radius 3 is 2.16 bits per heavy atom. The molecule has 1 amide bonds. The average molecular weight is 457 g/mol. The molecule has 0 N–H and O–H groups in total. The van der Waals surface area contributed by atoms with Crippen molar-refractivity contribution in [3.05, 3.63) is 53.6 Å². The number of hydrogen-bond acceptors (Lipinski definition) is 5. The van der Waals surface area contributed by atoms with Gasteiger partial charge in [-0.05, 0) is 55.8 Å². The number of benzene rings is 2. The van der Waals surface area contributed by atoms with E-state index in [9.17, 15) is 22.0 Å². The van der Waals surface area contributed by atoms with Gasteiger partial charge in [-0.3, -0.25) is 4.79 Å². The van der Waals surface area contributed by atoms with Crippen LogP contribution in [0.1, 0.15) is 29.8 Å². The molecular weight excluding hydrogens is 430 g/mol. The first kappa shape index (κ1) is 24.5. The highest BCUT2D eigenvalue weighted by Gasteiger charge is 2.23. The van der Waals surface area contributed by atoms with Crippen LogP contribution in [0, 0.1) is 0 Å². The summed E-state index contributed by atoms with van der Waals surface area (Å²) in [5.74, 6) is -0.325. The highest BCUT2D eigenvalue weighted by atomic mass is 32.2. The highest BCUT2D eigenvalue weighted by molar-refractivity contribution is 7.89. The van der Waals surface area contributed by atoms with Crippen molar-refractivity contribution in [3.8, 4) is 11.5 Å². The van der Waals surface area contributed by atoms with Crippen molar-refractivity contribution >= 4 is 15.9 Å². The predicted octanol–water partition coefficient (Wildman–Crippen LogP) is 3.60. The smallest absolute Gasteiger partial charge is 0.387 e. The van der Waals surface area contributed by atoms with Crippen molar-refractivity contribution in [2.75, 3.05) is 21.2 Å². The summed E-state index contributed by atoms with van der Waals surface area (Å²) in [6.07, 6.45) is 0. The first-order chi connectivity index (χ1) is 14.5. The van der Waals surface area contributed by atoms with Gasteiger partial charge < -0.3 is 14.4 Å². The van der Waals surface area contributed by atoms with Crippen LogP contribution in [0.25, 0.3) is 0 Å². The minimum atomic E-state index is -3.65. The molecule has 0 unspecified atom stereocenters. The molecule has 0 spiro atoms. The molecule has 0 aliphatic carbocycles. The second-order valence-corrected chi connectivity index (χ2v) is 9.16. The van der Waals surface area contributed by atoms with Crippen LogP contribution in [-0.2, 0) is 16.6 Å². The summed E-state index contributed by atoms with van der Waals surface area (Å²) in [4.78, 5) is 14.2. The molecule has 170 valence electrons. The van der Waals surface area contributed by atoms with Crippen molar-refractivity contribution in [2.24, 2.45) is 0 Å². The van der Waals surface area contributed by atoms with Crippen LogP contribution in [0.2, 0.25) is 0 Å². The van der Waals surface area contributed by atoms with Gasteiger partial charge in [0.25, 0.3) is 5.91 Å². The number of hydrogen-bond donors (Lipinski definition) is 0. The standard InChI is InChI=1S/C21H26F2N2O5S/c1-14(2)25(4)31(27,28)17-9-7-16(8-10-17)20(26)24(3)13-15-6-11-18(29-5)19(12-15)30-21(22)23/h6-12,14,21H,13H2,1-5H3. The van der Waals surface area contributed by atoms with Crippen molar-refractivity contribution in [3.63, 3.8) is 0 Å². The molecule has 0 atom stereocenters. The summed E-state index contributed by atoms with van der Waals surface area (Å²) in [5, 5.41) is 0. The van der Waals surface area contributed by atoms with E-state index in [1.165, 1.54) is 59.8 Å². The molecule has 0 heterocycles. The zero-order chi connectivity index (χ0) is 23.3. The summed E-state index contributed by atoms with van der Waals surface area (Å²) < 4.78 is 61.0. The number of rotatable bonds is 9. The fraction of sp³-hybridized carbons (Fsp3) is 0.381. The van der Waals surface area contributed by atoms with E-state index in [1.54, 1.807) is 27.0 Å². The Hall–Kier alpha value is -2.72. The molecule has 31 heavy (non-hydrogen) atoms. The third-order valence-corrected chi connectivity index (χ3v) is 6.76. The average Bonchev–Trinajstić information content (AvgIpc) is 2.72. The first-order valence-corrected chi connectivity index (χ1v) is 10.9. The Morgan fingerprint density at radius 2 is 1.65 bits per heavy atom. The van der Waals surface area contributed by atoms with Crippen molar-refractivity contribution in [1.82, 2.24) is 9.21 Å². The Kier molecular flexibility index (Phi) is 7.96. The highest BCUT2D eigenvalue weighted by Crippen LogP contribution is 2.30. The summed E-state index contributed by atoms with van der Waals surface area (Å²) in [5.41, 5.74) is 0.858. The third-order valence-electron chi connectivity index (χ3n) is 4.72. The maximum Gasteiger partial charge on any atom is 0.387 e. The lowest BCUT2D eigenvalue weighted by molar-refractivity contribution is -0.0512. The van der Waals surface area contributed by atoms with Gasteiger partial charge in [0.15, 0.2) is 11.5 Å². The van der Waals surface area contributed by atoms with E-state index >= 15 is 0 Å². The fourth-order valence-electron chi connectivity index (χ4n) is 2.79. The van der Waals surface area contributed by atoms with Crippen LogP contribution < -0.4 is 9.47 Å². The lowest BCUT2D eigenvalue weighted by Crippen LogP contribution is -2.33. The summed E-state index contributed by atoms with van der Waals surface area (Å²) in [6.45, 7) is 0.648. The summed E-state index contributed by atoms with van der Waals surface area (Å²) in [6, 6.07) is 9.95. The first-order valence-electron chi connectivity index (χ1n) is 9.42. The Morgan fingerprint density at radius 1 is 1.03 bits per heavy atom. The molecular formula is C21H26F2N2O5S. The number of alkyl halides is 2. The zero-order valence-corrected chi connectivity index (χ0v) is 18.8. The summed E-state index contributed by atoms with van der Waals surface area (Å²) >= 11 is 0. The van der Waals surface area contributed by atoms with Crippen LogP contribution in [0.3, 0.4) is 0 Å². The zero-order valence-electron chi connectivity index (χ0n) is 18.0. The number of nitrogens with zero attached hydrogens (tertiary/aromatic N) is 2. The number of amides is 1. The number of sulfonamides is 1. The fourth-order valence-corrected chi connectivity index (χ4v) is 4.15. The second kappa shape index (κ2) is 10.1. The van der Waals surface area contributed by atoms with E-state index < -0.39 is 16.6 Å². The number of halogens is 2.